The first kappa shape index (κ1) is 18.6. The van der Waals surface area contributed by atoms with Crippen molar-refractivity contribution in [2.75, 3.05) is 32.7 Å². The van der Waals surface area contributed by atoms with Gasteiger partial charge in [0.2, 0.25) is 5.91 Å². The molecule has 0 spiro atoms. The molecule has 5 nitrogen and oxygen atoms in total. The zero-order valence-corrected chi connectivity index (χ0v) is 15.9. The van der Waals surface area contributed by atoms with E-state index in [-0.39, 0.29) is 11.8 Å². The summed E-state index contributed by atoms with van der Waals surface area (Å²) < 4.78 is 0. The third kappa shape index (κ3) is 5.16. The molecule has 3 rings (SSSR count). The van der Waals surface area contributed by atoms with E-state index in [0.29, 0.717) is 17.8 Å². The van der Waals surface area contributed by atoms with Gasteiger partial charge in [0, 0.05) is 45.7 Å². The molecule has 1 N–H and O–H groups in total. The van der Waals surface area contributed by atoms with E-state index >= 15 is 0 Å². The molecule has 2 amide bonds. The SMILES string of the molecule is Cc1cccc(CN2CCN(C(=O)CCNC(=O)c3cccs3)CC2)c1. The Hall–Kier alpha value is -2.18. The Kier molecular flexibility index (Phi) is 6.41. The van der Waals surface area contributed by atoms with Crippen LogP contribution in [0.5, 0.6) is 0 Å². The number of aryl methyl sites for hydroxylation is 1. The number of carbonyl (C=O) groups excluding carboxylic acids is 2. The summed E-state index contributed by atoms with van der Waals surface area (Å²) in [6.07, 6.45) is 0.356. The lowest BCUT2D eigenvalue weighted by atomic mass is 10.1. The third-order valence-electron chi connectivity index (χ3n) is 4.58. The van der Waals surface area contributed by atoms with Crippen LogP contribution in [0.1, 0.15) is 27.2 Å². The largest absolute Gasteiger partial charge is 0.351 e. The highest BCUT2D eigenvalue weighted by Crippen LogP contribution is 2.11. The molecule has 0 unspecified atom stereocenters. The van der Waals surface area contributed by atoms with Crippen molar-refractivity contribution in [3.8, 4) is 0 Å². The summed E-state index contributed by atoms with van der Waals surface area (Å²) in [5.41, 5.74) is 2.60. The van der Waals surface area contributed by atoms with Gasteiger partial charge in [0.15, 0.2) is 0 Å². The fourth-order valence-corrected chi connectivity index (χ4v) is 3.80. The highest BCUT2D eigenvalue weighted by atomic mass is 32.1. The molecule has 138 valence electrons. The molecule has 0 radical (unpaired) electrons. The van der Waals surface area contributed by atoms with Crippen molar-refractivity contribution in [1.29, 1.82) is 0 Å². The van der Waals surface area contributed by atoms with E-state index in [9.17, 15) is 9.59 Å². The molecule has 1 saturated heterocycles. The average Bonchev–Trinajstić information content (AvgIpc) is 3.17. The predicted molar refractivity (Wildman–Crippen MR) is 104 cm³/mol. The van der Waals surface area contributed by atoms with Crippen LogP contribution in [-0.2, 0) is 11.3 Å². The lowest BCUT2D eigenvalue weighted by Gasteiger charge is -2.35. The molecule has 6 heteroatoms. The van der Waals surface area contributed by atoms with Crippen LogP contribution in [0.3, 0.4) is 0 Å². The van der Waals surface area contributed by atoms with Crippen LogP contribution >= 0.6 is 11.3 Å². The predicted octanol–water partition coefficient (Wildman–Crippen LogP) is 2.52. The first-order chi connectivity index (χ1) is 12.6. The van der Waals surface area contributed by atoms with Crippen molar-refractivity contribution in [3.63, 3.8) is 0 Å². The normalized spacial score (nSPS) is 15.0. The molecule has 0 bridgehead atoms. The van der Waals surface area contributed by atoms with Crippen molar-refractivity contribution < 1.29 is 9.59 Å². The van der Waals surface area contributed by atoms with E-state index in [0.717, 1.165) is 32.7 Å². The van der Waals surface area contributed by atoms with Gasteiger partial charge in [0.1, 0.15) is 0 Å². The molecular weight excluding hydrogens is 346 g/mol. The summed E-state index contributed by atoms with van der Waals surface area (Å²) in [4.78, 5) is 29.2. The van der Waals surface area contributed by atoms with Crippen LogP contribution in [0.2, 0.25) is 0 Å². The van der Waals surface area contributed by atoms with E-state index in [1.54, 1.807) is 6.07 Å². The molecule has 2 heterocycles. The van der Waals surface area contributed by atoms with Crippen LogP contribution in [-0.4, -0.2) is 54.3 Å². The second kappa shape index (κ2) is 8.96. The van der Waals surface area contributed by atoms with Gasteiger partial charge >= 0.3 is 0 Å². The Labute approximate surface area is 158 Å². The Morgan fingerprint density at radius 3 is 2.62 bits per heavy atom. The van der Waals surface area contributed by atoms with Gasteiger partial charge in [-0.3, -0.25) is 14.5 Å². The van der Waals surface area contributed by atoms with Crippen LogP contribution in [0.15, 0.2) is 41.8 Å². The minimum Gasteiger partial charge on any atom is -0.351 e. The van der Waals surface area contributed by atoms with Gasteiger partial charge < -0.3 is 10.2 Å². The number of carbonyl (C=O) groups is 2. The smallest absolute Gasteiger partial charge is 0.261 e. The molecule has 1 aliphatic rings. The maximum Gasteiger partial charge on any atom is 0.261 e. The Balaban J connectivity index is 1.37. The lowest BCUT2D eigenvalue weighted by Crippen LogP contribution is -2.48. The summed E-state index contributed by atoms with van der Waals surface area (Å²) in [6, 6.07) is 12.2. The molecule has 1 aromatic carbocycles. The van der Waals surface area contributed by atoms with Gasteiger partial charge in [-0.05, 0) is 23.9 Å². The molecule has 0 saturated carbocycles. The van der Waals surface area contributed by atoms with E-state index in [1.165, 1.54) is 22.5 Å². The van der Waals surface area contributed by atoms with Gasteiger partial charge in [0.25, 0.3) is 5.91 Å². The first-order valence-corrected chi connectivity index (χ1v) is 9.87. The number of amides is 2. The molecular formula is C20H25N3O2S. The summed E-state index contributed by atoms with van der Waals surface area (Å²) in [7, 11) is 0. The van der Waals surface area contributed by atoms with Gasteiger partial charge in [-0.15, -0.1) is 11.3 Å². The molecule has 2 aromatic rings. The van der Waals surface area contributed by atoms with Crippen LogP contribution in [0.4, 0.5) is 0 Å². The van der Waals surface area contributed by atoms with Crippen LogP contribution < -0.4 is 5.32 Å². The van der Waals surface area contributed by atoms with Crippen molar-refractivity contribution in [2.45, 2.75) is 19.9 Å². The number of nitrogens with zero attached hydrogens (tertiary/aromatic N) is 2. The summed E-state index contributed by atoms with van der Waals surface area (Å²) in [5, 5.41) is 4.69. The van der Waals surface area contributed by atoms with E-state index in [4.69, 9.17) is 0 Å². The number of benzene rings is 1. The molecule has 1 aromatic heterocycles. The van der Waals surface area contributed by atoms with Crippen LogP contribution in [0, 0.1) is 6.92 Å². The number of rotatable bonds is 6. The molecule has 0 aliphatic carbocycles. The van der Waals surface area contributed by atoms with E-state index < -0.39 is 0 Å². The maximum absolute atomic E-state index is 12.3. The minimum absolute atomic E-state index is 0.101. The summed E-state index contributed by atoms with van der Waals surface area (Å²) >= 11 is 1.41. The standard InChI is InChI=1S/C20H25N3O2S/c1-16-4-2-5-17(14-16)15-22-9-11-23(12-10-22)19(24)7-8-21-20(25)18-6-3-13-26-18/h2-6,13-14H,7-12,15H2,1H3,(H,21,25). The maximum atomic E-state index is 12.3. The molecule has 0 atom stereocenters. The van der Waals surface area contributed by atoms with Gasteiger partial charge in [-0.1, -0.05) is 35.9 Å². The average molecular weight is 372 g/mol. The fourth-order valence-electron chi connectivity index (χ4n) is 3.16. The summed E-state index contributed by atoms with van der Waals surface area (Å²) in [6.45, 7) is 6.71. The van der Waals surface area contributed by atoms with E-state index in [1.807, 2.05) is 16.3 Å². The zero-order valence-electron chi connectivity index (χ0n) is 15.1. The Morgan fingerprint density at radius 1 is 1.12 bits per heavy atom. The lowest BCUT2D eigenvalue weighted by molar-refractivity contribution is -0.132. The Morgan fingerprint density at radius 2 is 1.92 bits per heavy atom. The van der Waals surface area contributed by atoms with Gasteiger partial charge in [0.05, 0.1) is 4.88 Å². The van der Waals surface area contributed by atoms with Crippen molar-refractivity contribution in [2.24, 2.45) is 0 Å². The van der Waals surface area contributed by atoms with Crippen molar-refractivity contribution in [1.82, 2.24) is 15.1 Å². The van der Waals surface area contributed by atoms with Crippen molar-refractivity contribution >= 4 is 23.2 Å². The molecule has 26 heavy (non-hydrogen) atoms. The van der Waals surface area contributed by atoms with E-state index in [2.05, 4.69) is 41.4 Å². The second-order valence-electron chi connectivity index (χ2n) is 6.63. The van der Waals surface area contributed by atoms with Crippen molar-refractivity contribution in [3.05, 3.63) is 57.8 Å². The zero-order chi connectivity index (χ0) is 18.4. The number of hydrogen-bond acceptors (Lipinski definition) is 4. The van der Waals surface area contributed by atoms with Crippen LogP contribution in [0.25, 0.3) is 0 Å². The monoisotopic (exact) mass is 371 g/mol. The van der Waals surface area contributed by atoms with Gasteiger partial charge in [-0.25, -0.2) is 0 Å². The number of nitrogens with one attached hydrogen (secondary N) is 1. The molecule has 1 aliphatic heterocycles. The number of thiophene rings is 1. The highest BCUT2D eigenvalue weighted by Gasteiger charge is 2.21. The Bertz CT molecular complexity index is 737. The number of piperazine rings is 1. The molecule has 1 fully saturated rings. The quantitative estimate of drug-likeness (QED) is 0.849. The third-order valence-corrected chi connectivity index (χ3v) is 5.45. The number of hydrogen-bond donors (Lipinski definition) is 1. The summed E-state index contributed by atoms with van der Waals surface area (Å²) in [5.74, 6) is 0.0162. The second-order valence-corrected chi connectivity index (χ2v) is 7.58. The van der Waals surface area contributed by atoms with Gasteiger partial charge in [-0.2, -0.15) is 0 Å². The fraction of sp³-hybridized carbons (Fsp3) is 0.400. The minimum atomic E-state index is -0.101. The first-order valence-electron chi connectivity index (χ1n) is 8.99. The topological polar surface area (TPSA) is 52.6 Å². The highest BCUT2D eigenvalue weighted by molar-refractivity contribution is 7.12.